The zero-order valence-corrected chi connectivity index (χ0v) is 19.8. The van der Waals surface area contributed by atoms with Gasteiger partial charge >= 0.3 is 6.03 Å². The molecule has 0 atom stereocenters. The van der Waals surface area contributed by atoms with E-state index in [1.165, 1.54) is 6.07 Å². The van der Waals surface area contributed by atoms with Crippen LogP contribution in [0.3, 0.4) is 0 Å². The van der Waals surface area contributed by atoms with Gasteiger partial charge in [-0.2, -0.15) is 0 Å². The number of hydrogen-bond acceptors (Lipinski definition) is 5. The predicted octanol–water partition coefficient (Wildman–Crippen LogP) is 5.57. The van der Waals surface area contributed by atoms with Gasteiger partial charge in [-0.15, -0.1) is 0 Å². The lowest BCUT2D eigenvalue weighted by Gasteiger charge is -2.25. The summed E-state index contributed by atoms with van der Waals surface area (Å²) in [6.07, 6.45) is 0.747. The summed E-state index contributed by atoms with van der Waals surface area (Å²) in [6.45, 7) is 4.35. The Balaban J connectivity index is 1.41. The molecule has 0 bridgehead atoms. The van der Waals surface area contributed by atoms with Crippen LogP contribution >= 0.6 is 0 Å². The monoisotopic (exact) mass is 474 g/mol. The highest BCUT2D eigenvalue weighted by atomic mass is 19.1. The summed E-state index contributed by atoms with van der Waals surface area (Å²) in [7, 11) is 1.63. The number of ether oxygens (including phenoxy) is 2. The second-order valence-corrected chi connectivity index (χ2v) is 8.61. The van der Waals surface area contributed by atoms with Crippen molar-refractivity contribution in [1.82, 2.24) is 9.80 Å². The molecule has 1 fully saturated rings. The third-order valence-corrected chi connectivity index (χ3v) is 6.19. The molecule has 1 N–H and O–H groups in total. The first-order chi connectivity index (χ1) is 17.0. The van der Waals surface area contributed by atoms with Gasteiger partial charge in [0.2, 0.25) is 0 Å². The lowest BCUT2D eigenvalue weighted by Crippen LogP contribution is -2.39. The molecule has 1 saturated heterocycles. The number of nitrogens with zero attached hydrogens (tertiary/aromatic N) is 3. The van der Waals surface area contributed by atoms with E-state index < -0.39 is 5.82 Å². The molecule has 2 amide bonds. The van der Waals surface area contributed by atoms with E-state index in [1.807, 2.05) is 43.3 Å². The van der Waals surface area contributed by atoms with Crippen molar-refractivity contribution in [2.75, 3.05) is 38.6 Å². The van der Waals surface area contributed by atoms with E-state index in [0.29, 0.717) is 36.9 Å². The average molecular weight is 475 g/mol. The van der Waals surface area contributed by atoms with Gasteiger partial charge in [0.25, 0.3) is 0 Å². The molecule has 0 aromatic heterocycles. The van der Waals surface area contributed by atoms with Gasteiger partial charge in [-0.25, -0.2) is 14.2 Å². The summed E-state index contributed by atoms with van der Waals surface area (Å²) in [5.41, 5.74) is 2.87. The van der Waals surface area contributed by atoms with Crippen molar-refractivity contribution in [1.29, 1.82) is 0 Å². The Kier molecular flexibility index (Phi) is 6.27. The standard InChI is InChI=1S/C27H27FN4O3/c1-18-8-11-23-25(16-18)35-24-17-19(34-2)9-10-20(24)26(29-23)31-12-5-13-32(15-14-31)27(33)30-22-7-4-3-6-21(22)28/h3-4,6-11,16-17H,5,12-15H2,1-2H3,(H,30,33). The topological polar surface area (TPSA) is 66.4 Å². The molecule has 35 heavy (non-hydrogen) atoms. The SMILES string of the molecule is COc1ccc2c(c1)Oc1cc(C)ccc1N=C2N1CCCN(C(=O)Nc2ccccc2F)CC1. The van der Waals surface area contributed by atoms with Gasteiger partial charge in [-0.3, -0.25) is 0 Å². The van der Waals surface area contributed by atoms with Gasteiger partial charge < -0.3 is 24.6 Å². The highest BCUT2D eigenvalue weighted by Crippen LogP contribution is 2.40. The Hall–Kier alpha value is -4.07. The molecular formula is C27H27FN4O3. The summed E-state index contributed by atoms with van der Waals surface area (Å²) >= 11 is 0. The number of aliphatic imine (C=N–C) groups is 1. The largest absolute Gasteiger partial charge is 0.497 e. The van der Waals surface area contributed by atoms with E-state index >= 15 is 0 Å². The van der Waals surface area contributed by atoms with Crippen molar-refractivity contribution in [2.24, 2.45) is 4.99 Å². The average Bonchev–Trinajstić information content (AvgIpc) is 3.19. The molecule has 5 rings (SSSR count). The van der Waals surface area contributed by atoms with E-state index in [9.17, 15) is 9.18 Å². The van der Waals surface area contributed by atoms with Gasteiger partial charge in [0.15, 0.2) is 5.75 Å². The van der Waals surface area contributed by atoms with Crippen molar-refractivity contribution in [2.45, 2.75) is 13.3 Å². The number of halogens is 1. The van der Waals surface area contributed by atoms with Gasteiger partial charge in [0.1, 0.15) is 28.8 Å². The number of methoxy groups -OCH3 is 1. The van der Waals surface area contributed by atoms with Gasteiger partial charge in [0, 0.05) is 32.2 Å². The number of fused-ring (bicyclic) bond motifs is 2. The lowest BCUT2D eigenvalue weighted by molar-refractivity contribution is 0.214. The number of urea groups is 1. The van der Waals surface area contributed by atoms with Crippen molar-refractivity contribution in [3.63, 3.8) is 0 Å². The number of carbonyl (C=O) groups excluding carboxylic acids is 1. The lowest BCUT2D eigenvalue weighted by atomic mass is 10.1. The van der Waals surface area contributed by atoms with Crippen LogP contribution in [0.25, 0.3) is 0 Å². The number of anilines is 1. The van der Waals surface area contributed by atoms with E-state index in [4.69, 9.17) is 14.5 Å². The van der Waals surface area contributed by atoms with Crippen LogP contribution in [0.2, 0.25) is 0 Å². The predicted molar refractivity (Wildman–Crippen MR) is 134 cm³/mol. The number of amides is 2. The minimum Gasteiger partial charge on any atom is -0.497 e. The maximum atomic E-state index is 14.0. The fourth-order valence-electron chi connectivity index (χ4n) is 4.32. The highest BCUT2D eigenvalue weighted by Gasteiger charge is 2.27. The maximum absolute atomic E-state index is 14.0. The molecule has 2 aliphatic rings. The fraction of sp³-hybridized carbons (Fsp3) is 0.259. The molecule has 3 aromatic carbocycles. The van der Waals surface area contributed by atoms with E-state index in [0.717, 1.165) is 35.6 Å². The zero-order valence-electron chi connectivity index (χ0n) is 19.8. The highest BCUT2D eigenvalue weighted by molar-refractivity contribution is 6.04. The Morgan fingerprint density at radius 2 is 1.89 bits per heavy atom. The molecule has 0 radical (unpaired) electrons. The van der Waals surface area contributed by atoms with Crippen molar-refractivity contribution >= 4 is 23.2 Å². The molecule has 3 aromatic rings. The van der Waals surface area contributed by atoms with Crippen LogP contribution in [-0.2, 0) is 0 Å². The first kappa shape index (κ1) is 22.7. The summed E-state index contributed by atoms with van der Waals surface area (Å²) in [6, 6.07) is 17.5. The molecule has 0 saturated carbocycles. The number of carbonyl (C=O) groups is 1. The van der Waals surface area contributed by atoms with Crippen LogP contribution in [0, 0.1) is 12.7 Å². The quantitative estimate of drug-likeness (QED) is 0.528. The number of rotatable bonds is 2. The molecule has 0 unspecified atom stereocenters. The maximum Gasteiger partial charge on any atom is 0.321 e. The molecule has 2 aliphatic heterocycles. The third kappa shape index (κ3) is 4.77. The smallest absolute Gasteiger partial charge is 0.321 e. The summed E-state index contributed by atoms with van der Waals surface area (Å²) in [5.74, 6) is 2.40. The summed E-state index contributed by atoms with van der Waals surface area (Å²) in [5, 5.41) is 2.69. The molecular weight excluding hydrogens is 447 g/mol. The first-order valence-electron chi connectivity index (χ1n) is 11.6. The number of nitrogens with one attached hydrogen (secondary N) is 1. The fourth-order valence-corrected chi connectivity index (χ4v) is 4.32. The van der Waals surface area contributed by atoms with E-state index in [2.05, 4.69) is 10.2 Å². The first-order valence-corrected chi connectivity index (χ1v) is 11.6. The van der Waals surface area contributed by atoms with Crippen molar-refractivity contribution in [3.05, 3.63) is 77.6 Å². The van der Waals surface area contributed by atoms with E-state index in [1.54, 1.807) is 30.2 Å². The molecule has 7 nitrogen and oxygen atoms in total. The second-order valence-electron chi connectivity index (χ2n) is 8.61. The molecule has 0 aliphatic carbocycles. The van der Waals surface area contributed by atoms with Gasteiger partial charge in [-0.05, 0) is 55.3 Å². The number of amidine groups is 1. The Morgan fingerprint density at radius 3 is 2.71 bits per heavy atom. The van der Waals surface area contributed by atoms with Gasteiger partial charge in [-0.1, -0.05) is 18.2 Å². The minimum absolute atomic E-state index is 0.179. The van der Waals surface area contributed by atoms with Crippen LogP contribution in [-0.4, -0.2) is 55.0 Å². The second kappa shape index (κ2) is 9.66. The van der Waals surface area contributed by atoms with Crippen molar-refractivity contribution in [3.8, 4) is 17.2 Å². The number of benzene rings is 3. The zero-order chi connectivity index (χ0) is 24.4. The van der Waals surface area contributed by atoms with Crippen LogP contribution in [0.1, 0.15) is 17.5 Å². The summed E-state index contributed by atoms with van der Waals surface area (Å²) < 4.78 is 25.7. The van der Waals surface area contributed by atoms with Crippen molar-refractivity contribution < 1.29 is 18.7 Å². The minimum atomic E-state index is -0.453. The molecule has 180 valence electrons. The third-order valence-electron chi connectivity index (χ3n) is 6.19. The summed E-state index contributed by atoms with van der Waals surface area (Å²) in [4.78, 5) is 21.7. The number of hydrogen-bond donors (Lipinski definition) is 1. The number of para-hydroxylation sites is 1. The molecule has 2 heterocycles. The Bertz CT molecular complexity index is 1290. The Labute approximate surface area is 203 Å². The van der Waals surface area contributed by atoms with Crippen LogP contribution in [0.5, 0.6) is 17.2 Å². The Morgan fingerprint density at radius 1 is 1.03 bits per heavy atom. The van der Waals surface area contributed by atoms with E-state index in [-0.39, 0.29) is 11.7 Å². The van der Waals surface area contributed by atoms with Crippen LogP contribution < -0.4 is 14.8 Å². The van der Waals surface area contributed by atoms with Crippen LogP contribution in [0.4, 0.5) is 20.6 Å². The van der Waals surface area contributed by atoms with Gasteiger partial charge in [0.05, 0.1) is 18.4 Å². The molecule has 0 spiro atoms. The normalized spacial score (nSPS) is 15.1. The van der Waals surface area contributed by atoms with Crippen LogP contribution in [0.15, 0.2) is 65.7 Å². The number of aryl methyl sites for hydroxylation is 1. The molecule has 8 heteroatoms.